The van der Waals surface area contributed by atoms with Gasteiger partial charge in [0.1, 0.15) is 5.82 Å². The van der Waals surface area contributed by atoms with Crippen molar-refractivity contribution in [3.05, 3.63) is 88.1 Å². The summed E-state index contributed by atoms with van der Waals surface area (Å²) in [6.07, 6.45) is 0.887. The van der Waals surface area contributed by atoms with Crippen LogP contribution in [-0.4, -0.2) is 28.6 Å². The lowest BCUT2D eigenvalue weighted by molar-refractivity contribution is 0.140. The first-order chi connectivity index (χ1) is 15.5. The molecule has 2 aliphatic heterocycles. The summed E-state index contributed by atoms with van der Waals surface area (Å²) < 4.78 is 15.3. The van der Waals surface area contributed by atoms with Gasteiger partial charge in [-0.2, -0.15) is 5.26 Å². The highest BCUT2D eigenvalue weighted by Gasteiger charge is 2.38. The van der Waals surface area contributed by atoms with Crippen LogP contribution in [0.5, 0.6) is 0 Å². The summed E-state index contributed by atoms with van der Waals surface area (Å²) in [5, 5.41) is 12.1. The smallest absolute Gasteiger partial charge is 0.321 e. The highest BCUT2D eigenvalue weighted by atomic mass is 19.1. The van der Waals surface area contributed by atoms with Crippen molar-refractivity contribution in [3.8, 4) is 17.2 Å². The second kappa shape index (κ2) is 7.97. The van der Waals surface area contributed by atoms with E-state index in [0.717, 1.165) is 23.2 Å². The number of fused-ring (bicyclic) bond motifs is 4. The van der Waals surface area contributed by atoms with Crippen LogP contribution in [0, 0.1) is 23.1 Å². The molecular weight excluding hydrogens is 407 g/mol. The van der Waals surface area contributed by atoms with Gasteiger partial charge in [-0.3, -0.25) is 4.79 Å². The summed E-state index contributed by atoms with van der Waals surface area (Å²) in [7, 11) is 0. The van der Waals surface area contributed by atoms with Gasteiger partial charge in [0.15, 0.2) is 0 Å². The van der Waals surface area contributed by atoms with Gasteiger partial charge in [0, 0.05) is 48.6 Å². The lowest BCUT2D eigenvalue weighted by Gasteiger charge is -2.43. The van der Waals surface area contributed by atoms with Crippen LogP contribution in [0.15, 0.2) is 65.5 Å². The molecule has 3 heterocycles. The van der Waals surface area contributed by atoms with E-state index in [1.54, 1.807) is 29.2 Å². The first-order valence-electron chi connectivity index (χ1n) is 10.6. The Balaban J connectivity index is 1.48. The third-order valence-corrected chi connectivity index (χ3v) is 6.26. The van der Waals surface area contributed by atoms with Gasteiger partial charge >= 0.3 is 6.03 Å². The molecule has 0 radical (unpaired) electrons. The summed E-state index contributed by atoms with van der Waals surface area (Å²) in [6, 6.07) is 18.5. The van der Waals surface area contributed by atoms with Crippen molar-refractivity contribution in [3.63, 3.8) is 0 Å². The molecule has 2 atom stereocenters. The van der Waals surface area contributed by atoms with Crippen LogP contribution in [0.1, 0.15) is 23.6 Å². The molecule has 0 spiro atoms. The Morgan fingerprint density at radius 2 is 1.91 bits per heavy atom. The van der Waals surface area contributed by atoms with Crippen molar-refractivity contribution in [2.45, 2.75) is 18.9 Å². The maximum Gasteiger partial charge on any atom is 0.321 e. The van der Waals surface area contributed by atoms with E-state index >= 15 is 0 Å². The lowest BCUT2D eigenvalue weighted by Crippen LogP contribution is -2.50. The van der Waals surface area contributed by atoms with Gasteiger partial charge in [0.2, 0.25) is 0 Å². The molecule has 0 aliphatic carbocycles. The first kappa shape index (κ1) is 20.0. The van der Waals surface area contributed by atoms with Gasteiger partial charge in [-0.05, 0) is 54.3 Å². The normalized spacial score (nSPS) is 19.1. The van der Waals surface area contributed by atoms with E-state index in [1.807, 2.05) is 28.8 Å². The Kier molecular flexibility index (Phi) is 4.98. The third kappa shape index (κ3) is 3.65. The summed E-state index contributed by atoms with van der Waals surface area (Å²) in [4.78, 5) is 27.3. The van der Waals surface area contributed by atoms with E-state index in [9.17, 15) is 19.2 Å². The summed E-state index contributed by atoms with van der Waals surface area (Å²) in [5.41, 5.74) is 3.63. The average molecular weight is 428 g/mol. The summed E-state index contributed by atoms with van der Waals surface area (Å²) in [5.74, 6) is -0.246. The molecule has 160 valence electrons. The lowest BCUT2D eigenvalue weighted by atomic mass is 9.80. The van der Waals surface area contributed by atoms with Gasteiger partial charge in [-0.1, -0.05) is 18.2 Å². The molecule has 7 heteroatoms. The molecule has 2 amide bonds. The molecule has 2 aliphatic rings. The van der Waals surface area contributed by atoms with Gasteiger partial charge in [0.05, 0.1) is 11.6 Å². The third-order valence-electron chi connectivity index (χ3n) is 6.26. The number of piperidine rings is 1. The average Bonchev–Trinajstić information content (AvgIpc) is 2.79. The van der Waals surface area contributed by atoms with Gasteiger partial charge in [0.25, 0.3) is 5.56 Å². The fourth-order valence-electron chi connectivity index (χ4n) is 4.95. The largest absolute Gasteiger partial charge is 0.324 e. The van der Waals surface area contributed by atoms with Crippen LogP contribution in [0.25, 0.3) is 11.1 Å². The molecule has 2 unspecified atom stereocenters. The highest BCUT2D eigenvalue weighted by molar-refractivity contribution is 5.89. The predicted octanol–water partition coefficient (Wildman–Crippen LogP) is 4.18. The monoisotopic (exact) mass is 428 g/mol. The molecule has 1 aromatic heterocycles. The number of hydrogen-bond acceptors (Lipinski definition) is 3. The molecular formula is C25H21FN4O2. The van der Waals surface area contributed by atoms with E-state index in [0.29, 0.717) is 30.9 Å². The number of hydrogen-bond donors (Lipinski definition) is 1. The Bertz CT molecular complexity index is 1310. The number of urea groups is 1. The van der Waals surface area contributed by atoms with Crippen molar-refractivity contribution in [1.29, 1.82) is 5.26 Å². The maximum absolute atomic E-state index is 13.5. The van der Waals surface area contributed by atoms with E-state index < -0.39 is 5.82 Å². The molecule has 32 heavy (non-hydrogen) atoms. The number of carbonyl (C=O) groups excluding carboxylic acids is 1. The summed E-state index contributed by atoms with van der Waals surface area (Å²) in [6.45, 7) is 1.55. The Morgan fingerprint density at radius 3 is 2.72 bits per heavy atom. The molecule has 2 aromatic carbocycles. The van der Waals surface area contributed by atoms with Gasteiger partial charge < -0.3 is 14.8 Å². The standard InChI is InChI=1S/C25H21FN4O2/c26-20-5-2-6-21(11-20)28-25(32)29-13-17-10-19(15-29)24-22(7-8-23(31)30(24)14-17)18-4-1-3-16(9-18)12-27/h1-9,11,17,19H,10,13-15H2,(H,28,32). The number of likely N-dealkylation sites (tertiary alicyclic amines) is 1. The minimum Gasteiger partial charge on any atom is -0.324 e. The summed E-state index contributed by atoms with van der Waals surface area (Å²) >= 11 is 0. The van der Waals surface area contributed by atoms with Crippen LogP contribution in [-0.2, 0) is 6.54 Å². The molecule has 3 aromatic rings. The van der Waals surface area contributed by atoms with Crippen LogP contribution in [0.2, 0.25) is 0 Å². The van der Waals surface area contributed by atoms with Crippen molar-refractivity contribution >= 4 is 11.7 Å². The van der Waals surface area contributed by atoms with Crippen LogP contribution < -0.4 is 10.9 Å². The number of nitrogens with zero attached hydrogens (tertiary/aromatic N) is 3. The minimum atomic E-state index is -0.407. The van der Waals surface area contributed by atoms with E-state index in [-0.39, 0.29) is 23.4 Å². The first-order valence-corrected chi connectivity index (χ1v) is 10.6. The number of benzene rings is 2. The number of pyridine rings is 1. The minimum absolute atomic E-state index is 0.00426. The maximum atomic E-state index is 13.5. The number of anilines is 1. The van der Waals surface area contributed by atoms with Gasteiger partial charge in [-0.15, -0.1) is 0 Å². The fourth-order valence-corrected chi connectivity index (χ4v) is 4.95. The zero-order chi connectivity index (χ0) is 22.2. The van der Waals surface area contributed by atoms with Gasteiger partial charge in [-0.25, -0.2) is 9.18 Å². The zero-order valence-corrected chi connectivity index (χ0v) is 17.3. The SMILES string of the molecule is N#Cc1cccc(-c2ccc(=O)n3c2C2CC(CN(C(=O)Nc4cccc(F)c4)C2)C3)c1. The van der Waals surface area contributed by atoms with Crippen LogP contribution in [0.4, 0.5) is 14.9 Å². The zero-order valence-electron chi connectivity index (χ0n) is 17.3. The van der Waals surface area contributed by atoms with Crippen molar-refractivity contribution in [2.75, 3.05) is 18.4 Å². The quantitative estimate of drug-likeness (QED) is 0.665. The molecule has 5 rings (SSSR count). The number of aromatic nitrogens is 1. The number of halogens is 1. The molecule has 6 nitrogen and oxygen atoms in total. The number of amides is 2. The Morgan fingerprint density at radius 1 is 1.06 bits per heavy atom. The Hall–Kier alpha value is -3.92. The Labute approximate surface area is 184 Å². The van der Waals surface area contributed by atoms with E-state index in [2.05, 4.69) is 11.4 Å². The number of nitrogens with one attached hydrogen (secondary N) is 1. The highest BCUT2D eigenvalue weighted by Crippen LogP contribution is 2.40. The molecule has 1 fully saturated rings. The van der Waals surface area contributed by atoms with E-state index in [4.69, 9.17) is 0 Å². The molecule has 0 saturated carbocycles. The van der Waals surface area contributed by atoms with Crippen molar-refractivity contribution in [1.82, 2.24) is 9.47 Å². The van der Waals surface area contributed by atoms with Crippen LogP contribution >= 0.6 is 0 Å². The van der Waals surface area contributed by atoms with E-state index in [1.165, 1.54) is 12.1 Å². The van der Waals surface area contributed by atoms with Crippen LogP contribution in [0.3, 0.4) is 0 Å². The molecule has 2 bridgehead atoms. The predicted molar refractivity (Wildman–Crippen MR) is 119 cm³/mol. The van der Waals surface area contributed by atoms with Crippen molar-refractivity contribution < 1.29 is 9.18 Å². The van der Waals surface area contributed by atoms with Crippen molar-refractivity contribution in [2.24, 2.45) is 5.92 Å². The second-order valence-electron chi connectivity index (χ2n) is 8.42. The number of nitriles is 1. The second-order valence-corrected chi connectivity index (χ2v) is 8.42. The molecule has 1 saturated heterocycles. The molecule has 1 N–H and O–H groups in total. The number of rotatable bonds is 2. The fraction of sp³-hybridized carbons (Fsp3) is 0.240. The number of carbonyl (C=O) groups is 1. The topological polar surface area (TPSA) is 78.1 Å².